The molecular weight excluding hydrogens is 120 g/mol. The number of halogens is 1. The highest BCUT2D eigenvalue weighted by molar-refractivity contribution is 5.85. The smallest absolute Gasteiger partial charge is 0.0169 e. The molecule has 0 aliphatic heterocycles. The minimum Gasteiger partial charge on any atom is -0.147 e. The summed E-state index contributed by atoms with van der Waals surface area (Å²) in [4.78, 5) is 0. The van der Waals surface area contributed by atoms with E-state index in [2.05, 4.69) is 24.3 Å². The summed E-state index contributed by atoms with van der Waals surface area (Å²) in [5, 5.41) is 0. The van der Waals surface area contributed by atoms with Gasteiger partial charge in [-0.25, -0.2) is 0 Å². The van der Waals surface area contributed by atoms with Gasteiger partial charge in [-0.05, 0) is 19.3 Å². The first-order valence-corrected chi connectivity index (χ1v) is 2.80. The molecule has 0 unspecified atom stereocenters. The van der Waals surface area contributed by atoms with Gasteiger partial charge in [0.15, 0.2) is 0 Å². The average Bonchev–Trinajstić information content (AvgIpc) is 1.90. The lowest BCUT2D eigenvalue weighted by atomic mass is 10.3. The molecule has 0 bridgehead atoms. The van der Waals surface area contributed by atoms with E-state index in [0.29, 0.717) is 0 Å². The van der Waals surface area contributed by atoms with Crippen LogP contribution in [0.2, 0.25) is 0 Å². The third kappa shape index (κ3) is 2.86. The zero-order chi connectivity index (χ0) is 4.95. The first-order valence-electron chi connectivity index (χ1n) is 2.80. The third-order valence-electron chi connectivity index (χ3n) is 1.11. The predicted molar refractivity (Wildman–Crippen MR) is 39.4 cm³/mol. The quantitative estimate of drug-likeness (QED) is 0.443. The Balaban J connectivity index is 0.000000490. The molecule has 0 aromatic heterocycles. The zero-order valence-electron chi connectivity index (χ0n) is 4.84. The molecule has 0 nitrogen and oxygen atoms in total. The minimum atomic E-state index is 0. The maximum absolute atomic E-state index is 2.24. The van der Waals surface area contributed by atoms with Gasteiger partial charge in [-0.2, -0.15) is 0 Å². The van der Waals surface area contributed by atoms with E-state index < -0.39 is 0 Å². The minimum absolute atomic E-state index is 0. The van der Waals surface area contributed by atoms with E-state index >= 15 is 0 Å². The van der Waals surface area contributed by atoms with Gasteiger partial charge in [0.2, 0.25) is 0 Å². The van der Waals surface area contributed by atoms with E-state index in [0.717, 1.165) is 6.42 Å². The van der Waals surface area contributed by atoms with Crippen LogP contribution in [-0.2, 0) is 0 Å². The van der Waals surface area contributed by atoms with Crippen LogP contribution in [0.3, 0.4) is 0 Å². The van der Waals surface area contributed by atoms with Gasteiger partial charge in [0, 0.05) is 0 Å². The second-order valence-corrected chi connectivity index (χ2v) is 1.76. The summed E-state index contributed by atoms with van der Waals surface area (Å²) < 4.78 is 0. The first-order chi connectivity index (χ1) is 3.50. The lowest BCUT2D eigenvalue weighted by Gasteiger charge is -1.76. The second-order valence-electron chi connectivity index (χ2n) is 1.76. The van der Waals surface area contributed by atoms with Crippen LogP contribution in [0.25, 0.3) is 0 Å². The molecule has 8 heavy (non-hydrogen) atoms. The summed E-state index contributed by atoms with van der Waals surface area (Å²) in [6.07, 6.45) is 12.5. The fraction of sp³-hybridized carbons (Fsp3) is 0.429. The standard InChI is InChI=1S/C7H10.ClH/c1-2-4-6-7-5-3-1;/h1-2,5,7H,3-4,6H2;1H. The summed E-state index contributed by atoms with van der Waals surface area (Å²) in [5.41, 5.74) is 0. The molecule has 0 aromatic carbocycles. The maximum Gasteiger partial charge on any atom is -0.0169 e. The Morgan fingerprint density at radius 1 is 0.750 bits per heavy atom. The Morgan fingerprint density at radius 2 is 1.25 bits per heavy atom. The lowest BCUT2D eigenvalue weighted by Crippen LogP contribution is -1.56. The molecule has 0 amide bonds. The van der Waals surface area contributed by atoms with Crippen molar-refractivity contribution in [1.82, 2.24) is 0 Å². The highest BCUT2D eigenvalue weighted by atomic mass is 35.5. The van der Waals surface area contributed by atoms with Gasteiger partial charge in [-0.3, -0.25) is 0 Å². The summed E-state index contributed by atoms with van der Waals surface area (Å²) in [5.74, 6) is 0. The molecule has 46 valence electrons. The molecule has 1 rings (SSSR count). The summed E-state index contributed by atoms with van der Waals surface area (Å²) in [6, 6.07) is 0. The van der Waals surface area contributed by atoms with Crippen molar-refractivity contribution < 1.29 is 0 Å². The average molecular weight is 131 g/mol. The summed E-state index contributed by atoms with van der Waals surface area (Å²) in [7, 11) is 0. The van der Waals surface area contributed by atoms with Crippen LogP contribution in [0.5, 0.6) is 0 Å². The van der Waals surface area contributed by atoms with Crippen LogP contribution in [0, 0.1) is 0 Å². The summed E-state index contributed by atoms with van der Waals surface area (Å²) >= 11 is 0. The molecule has 1 aliphatic carbocycles. The molecule has 1 aliphatic rings. The van der Waals surface area contributed by atoms with Gasteiger partial charge in [0.1, 0.15) is 0 Å². The van der Waals surface area contributed by atoms with E-state index in [9.17, 15) is 0 Å². The van der Waals surface area contributed by atoms with Crippen LogP contribution in [0.15, 0.2) is 24.3 Å². The van der Waals surface area contributed by atoms with Gasteiger partial charge in [-0.15, -0.1) is 12.4 Å². The van der Waals surface area contributed by atoms with Crippen molar-refractivity contribution in [2.24, 2.45) is 0 Å². The number of rotatable bonds is 0. The van der Waals surface area contributed by atoms with E-state index in [1.54, 1.807) is 0 Å². The van der Waals surface area contributed by atoms with Crippen LogP contribution in [-0.4, -0.2) is 0 Å². The Hall–Kier alpha value is -0.230. The SMILES string of the molecule is C1=CCCC=CC1.Cl. The van der Waals surface area contributed by atoms with Crippen molar-refractivity contribution in [2.45, 2.75) is 19.3 Å². The normalized spacial score (nSPS) is 17.0. The molecule has 0 saturated heterocycles. The van der Waals surface area contributed by atoms with Crippen LogP contribution < -0.4 is 0 Å². The van der Waals surface area contributed by atoms with Gasteiger partial charge in [0.05, 0.1) is 0 Å². The second kappa shape index (κ2) is 4.92. The number of allylic oxidation sites excluding steroid dienone is 4. The van der Waals surface area contributed by atoms with Crippen molar-refractivity contribution in [1.29, 1.82) is 0 Å². The van der Waals surface area contributed by atoms with Crippen molar-refractivity contribution in [3.63, 3.8) is 0 Å². The maximum atomic E-state index is 2.24. The zero-order valence-corrected chi connectivity index (χ0v) is 5.66. The molecule has 0 fully saturated rings. The van der Waals surface area contributed by atoms with E-state index in [-0.39, 0.29) is 12.4 Å². The van der Waals surface area contributed by atoms with Crippen molar-refractivity contribution in [2.75, 3.05) is 0 Å². The highest BCUT2D eigenvalue weighted by Gasteiger charge is 1.79. The van der Waals surface area contributed by atoms with E-state index in [1.807, 2.05) is 0 Å². The fourth-order valence-electron chi connectivity index (χ4n) is 0.699. The molecule has 1 heteroatoms. The van der Waals surface area contributed by atoms with Gasteiger partial charge in [-0.1, -0.05) is 24.3 Å². The molecule has 0 heterocycles. The van der Waals surface area contributed by atoms with Gasteiger partial charge < -0.3 is 0 Å². The Labute approximate surface area is 56.7 Å². The number of hydrogen-bond acceptors (Lipinski definition) is 0. The van der Waals surface area contributed by atoms with E-state index in [1.165, 1.54) is 12.8 Å². The molecule has 0 spiro atoms. The number of hydrogen-bond donors (Lipinski definition) is 0. The van der Waals surface area contributed by atoms with Crippen molar-refractivity contribution >= 4 is 12.4 Å². The first kappa shape index (κ1) is 7.77. The molecule has 0 aromatic rings. The lowest BCUT2D eigenvalue weighted by molar-refractivity contribution is 1.06. The molecule has 0 saturated carbocycles. The predicted octanol–water partition coefficient (Wildman–Crippen LogP) is 2.70. The topological polar surface area (TPSA) is 0 Å². The summed E-state index contributed by atoms with van der Waals surface area (Å²) in [6.45, 7) is 0. The van der Waals surface area contributed by atoms with E-state index in [4.69, 9.17) is 0 Å². The molecule has 0 radical (unpaired) electrons. The third-order valence-corrected chi connectivity index (χ3v) is 1.11. The van der Waals surface area contributed by atoms with Gasteiger partial charge in [0.25, 0.3) is 0 Å². The molecular formula is C7H11Cl. The fourth-order valence-corrected chi connectivity index (χ4v) is 0.699. The molecule has 0 N–H and O–H groups in total. The Kier molecular flexibility index (Phi) is 4.78. The monoisotopic (exact) mass is 130 g/mol. The van der Waals surface area contributed by atoms with Crippen LogP contribution in [0.4, 0.5) is 0 Å². The molecule has 0 atom stereocenters. The Morgan fingerprint density at radius 3 is 1.75 bits per heavy atom. The van der Waals surface area contributed by atoms with Crippen LogP contribution >= 0.6 is 12.4 Å². The van der Waals surface area contributed by atoms with Crippen LogP contribution in [0.1, 0.15) is 19.3 Å². The largest absolute Gasteiger partial charge is 0.147 e. The highest BCUT2D eigenvalue weighted by Crippen LogP contribution is 2.00. The van der Waals surface area contributed by atoms with Gasteiger partial charge >= 0.3 is 0 Å². The van der Waals surface area contributed by atoms with Crippen molar-refractivity contribution in [3.05, 3.63) is 24.3 Å². The van der Waals surface area contributed by atoms with Crippen molar-refractivity contribution in [3.8, 4) is 0 Å². The Bertz CT molecular complexity index is 80.6.